The summed E-state index contributed by atoms with van der Waals surface area (Å²) in [6.45, 7) is 0.860. The van der Waals surface area contributed by atoms with Crippen LogP contribution in [0.1, 0.15) is 6.92 Å². The lowest BCUT2D eigenvalue weighted by Crippen LogP contribution is -2.59. The zero-order chi connectivity index (χ0) is 14.1. The molecule has 0 aliphatic carbocycles. The highest BCUT2D eigenvalue weighted by molar-refractivity contribution is 7.93. The molecule has 104 valence electrons. The molecule has 18 heavy (non-hydrogen) atoms. The van der Waals surface area contributed by atoms with Crippen LogP contribution in [-0.4, -0.2) is 63.3 Å². The minimum absolute atomic E-state index is 0.473. The molecule has 1 aliphatic rings. The van der Waals surface area contributed by atoms with Gasteiger partial charge in [0.1, 0.15) is 15.9 Å². The minimum Gasteiger partial charge on any atom is -0.294 e. The number of hydrogen-bond acceptors (Lipinski definition) is 6. The van der Waals surface area contributed by atoms with Crippen molar-refractivity contribution in [3.05, 3.63) is 0 Å². The second-order valence-corrected chi connectivity index (χ2v) is 8.38. The first-order chi connectivity index (χ1) is 8.03. The normalized spacial score (nSPS) is 22.9. The fraction of sp³-hybridized carbons (Fsp3) is 0.750. The van der Waals surface area contributed by atoms with Crippen LogP contribution >= 0.6 is 0 Å². The third-order valence-corrected chi connectivity index (χ3v) is 5.53. The van der Waals surface area contributed by atoms with E-state index in [9.17, 15) is 26.4 Å². The number of sulfonamides is 1. The summed E-state index contributed by atoms with van der Waals surface area (Å²) in [5.41, 5.74) is 0. The second-order valence-electron chi connectivity index (χ2n) is 4.08. The summed E-state index contributed by atoms with van der Waals surface area (Å²) in [5, 5.41) is 2.00. The van der Waals surface area contributed by atoms with Gasteiger partial charge in [-0.2, -0.15) is 4.31 Å². The molecule has 1 saturated heterocycles. The Kier molecular flexibility index (Phi) is 4.13. The highest BCUT2D eigenvalue weighted by atomic mass is 32.2. The molecule has 1 unspecified atom stereocenters. The third kappa shape index (κ3) is 3.75. The van der Waals surface area contributed by atoms with Crippen LogP contribution in [-0.2, 0) is 29.4 Å². The van der Waals surface area contributed by atoms with E-state index >= 15 is 0 Å². The SMILES string of the molecule is CC1C(=O)NC(=O)CN1S(=O)(=O)CCS(C)(=O)=O. The van der Waals surface area contributed by atoms with Crippen LogP contribution in [0.4, 0.5) is 0 Å². The van der Waals surface area contributed by atoms with Crippen molar-refractivity contribution in [2.45, 2.75) is 13.0 Å². The van der Waals surface area contributed by atoms with Crippen LogP contribution in [0.15, 0.2) is 0 Å². The van der Waals surface area contributed by atoms with E-state index in [0.717, 1.165) is 10.6 Å². The molecule has 0 bridgehead atoms. The molecule has 1 atom stereocenters. The molecule has 0 spiro atoms. The summed E-state index contributed by atoms with van der Waals surface area (Å²) in [4.78, 5) is 22.4. The quantitative estimate of drug-likeness (QED) is 0.584. The first-order valence-electron chi connectivity index (χ1n) is 5.04. The predicted molar refractivity (Wildman–Crippen MR) is 62.8 cm³/mol. The number of sulfone groups is 1. The van der Waals surface area contributed by atoms with E-state index in [1.54, 1.807) is 0 Å². The van der Waals surface area contributed by atoms with E-state index in [2.05, 4.69) is 0 Å². The van der Waals surface area contributed by atoms with Gasteiger partial charge in [0.2, 0.25) is 21.8 Å². The number of rotatable bonds is 4. The van der Waals surface area contributed by atoms with Gasteiger partial charge < -0.3 is 0 Å². The molecule has 0 radical (unpaired) electrons. The molecule has 10 heteroatoms. The monoisotopic (exact) mass is 298 g/mol. The Morgan fingerprint density at radius 2 is 1.78 bits per heavy atom. The molecule has 1 fully saturated rings. The topological polar surface area (TPSA) is 118 Å². The van der Waals surface area contributed by atoms with Gasteiger partial charge >= 0.3 is 0 Å². The van der Waals surface area contributed by atoms with E-state index < -0.39 is 55.8 Å². The molecule has 1 N–H and O–H groups in total. The fourth-order valence-electron chi connectivity index (χ4n) is 1.40. The van der Waals surface area contributed by atoms with Gasteiger partial charge in [-0.05, 0) is 6.92 Å². The Morgan fingerprint density at radius 3 is 2.28 bits per heavy atom. The van der Waals surface area contributed by atoms with Crippen molar-refractivity contribution in [1.82, 2.24) is 9.62 Å². The van der Waals surface area contributed by atoms with Crippen molar-refractivity contribution in [1.29, 1.82) is 0 Å². The molecule has 0 saturated carbocycles. The molecule has 0 aromatic carbocycles. The van der Waals surface area contributed by atoms with Gasteiger partial charge in [0, 0.05) is 6.26 Å². The van der Waals surface area contributed by atoms with Gasteiger partial charge in [-0.3, -0.25) is 14.9 Å². The molecule has 1 rings (SSSR count). The highest BCUT2D eigenvalue weighted by Gasteiger charge is 2.38. The van der Waals surface area contributed by atoms with Crippen molar-refractivity contribution >= 4 is 31.7 Å². The summed E-state index contributed by atoms with van der Waals surface area (Å²) in [7, 11) is -7.39. The van der Waals surface area contributed by atoms with Crippen LogP contribution in [0.25, 0.3) is 0 Å². The van der Waals surface area contributed by atoms with Crippen LogP contribution in [0.2, 0.25) is 0 Å². The first kappa shape index (κ1) is 15.1. The molecule has 2 amide bonds. The maximum Gasteiger partial charge on any atom is 0.244 e. The standard InChI is InChI=1S/C8H14N2O6S2/c1-6-8(12)9-7(11)5-10(6)18(15,16)4-3-17(2,13)14/h6H,3-5H2,1-2H3,(H,9,11,12). The van der Waals surface area contributed by atoms with Crippen molar-refractivity contribution in [2.75, 3.05) is 24.3 Å². The number of carbonyl (C=O) groups excluding carboxylic acids is 2. The molecule has 8 nitrogen and oxygen atoms in total. The van der Waals surface area contributed by atoms with Crippen LogP contribution < -0.4 is 5.32 Å². The number of amides is 2. The average molecular weight is 298 g/mol. The number of hydrogen-bond donors (Lipinski definition) is 1. The van der Waals surface area contributed by atoms with Crippen molar-refractivity contribution < 1.29 is 26.4 Å². The van der Waals surface area contributed by atoms with Crippen LogP contribution in [0, 0.1) is 0 Å². The summed E-state index contributed by atoms with van der Waals surface area (Å²) < 4.78 is 46.3. The molecule has 1 aliphatic heterocycles. The van der Waals surface area contributed by atoms with Crippen LogP contribution in [0.5, 0.6) is 0 Å². The van der Waals surface area contributed by atoms with Gasteiger partial charge in [-0.1, -0.05) is 0 Å². The van der Waals surface area contributed by atoms with E-state index in [4.69, 9.17) is 0 Å². The number of nitrogens with zero attached hydrogens (tertiary/aromatic N) is 1. The molecular formula is C8H14N2O6S2. The van der Waals surface area contributed by atoms with E-state index in [1.807, 2.05) is 5.32 Å². The maximum atomic E-state index is 11.9. The summed E-state index contributed by atoms with van der Waals surface area (Å²) in [6.07, 6.45) is 0.917. The predicted octanol–water partition coefficient (Wildman–Crippen LogP) is -2.29. The maximum absolute atomic E-state index is 11.9. The molecule has 0 aromatic rings. The van der Waals surface area contributed by atoms with E-state index in [-0.39, 0.29) is 0 Å². The fourth-order valence-corrected chi connectivity index (χ4v) is 4.58. The zero-order valence-corrected chi connectivity index (χ0v) is 11.5. The molecular weight excluding hydrogens is 284 g/mol. The van der Waals surface area contributed by atoms with E-state index in [0.29, 0.717) is 0 Å². The van der Waals surface area contributed by atoms with E-state index in [1.165, 1.54) is 6.92 Å². The van der Waals surface area contributed by atoms with Gasteiger partial charge in [-0.15, -0.1) is 0 Å². The number of imide groups is 1. The average Bonchev–Trinajstić information content (AvgIpc) is 2.19. The Hall–Kier alpha value is -1.00. The van der Waals surface area contributed by atoms with Crippen molar-refractivity contribution in [3.63, 3.8) is 0 Å². The molecule has 1 heterocycles. The first-order valence-corrected chi connectivity index (χ1v) is 8.71. The smallest absolute Gasteiger partial charge is 0.244 e. The lowest BCUT2D eigenvalue weighted by molar-refractivity contribution is -0.136. The highest BCUT2D eigenvalue weighted by Crippen LogP contribution is 2.11. The largest absolute Gasteiger partial charge is 0.294 e. The van der Waals surface area contributed by atoms with Gasteiger partial charge in [0.25, 0.3) is 0 Å². The third-order valence-electron chi connectivity index (χ3n) is 2.44. The Bertz CT molecular complexity index is 564. The number of piperazine rings is 1. The van der Waals surface area contributed by atoms with Gasteiger partial charge in [-0.25, -0.2) is 16.8 Å². The van der Waals surface area contributed by atoms with Gasteiger partial charge in [0.05, 0.1) is 18.1 Å². The summed E-state index contributed by atoms with van der Waals surface area (Å²) in [5.74, 6) is -2.62. The Labute approximate surface area is 105 Å². The Morgan fingerprint density at radius 1 is 1.22 bits per heavy atom. The lowest BCUT2D eigenvalue weighted by atomic mass is 10.2. The Balaban J connectivity index is 2.90. The van der Waals surface area contributed by atoms with Gasteiger partial charge in [0.15, 0.2) is 0 Å². The summed E-state index contributed by atoms with van der Waals surface area (Å²) in [6, 6.07) is -1.02. The van der Waals surface area contributed by atoms with Crippen LogP contribution in [0.3, 0.4) is 0 Å². The van der Waals surface area contributed by atoms with Crippen molar-refractivity contribution in [2.24, 2.45) is 0 Å². The number of nitrogens with one attached hydrogen (secondary N) is 1. The molecule has 0 aromatic heterocycles. The minimum atomic E-state index is -3.96. The van der Waals surface area contributed by atoms with Crippen molar-refractivity contribution in [3.8, 4) is 0 Å². The zero-order valence-electron chi connectivity index (χ0n) is 9.91. The second kappa shape index (κ2) is 4.94. The lowest BCUT2D eigenvalue weighted by Gasteiger charge is -2.30. The summed E-state index contributed by atoms with van der Waals surface area (Å²) >= 11 is 0. The number of carbonyl (C=O) groups is 2.